The maximum absolute atomic E-state index is 12.4. The molecule has 0 aliphatic heterocycles. The van der Waals surface area contributed by atoms with Gasteiger partial charge in [0, 0.05) is 0 Å². The molecule has 3 rings (SSSR count). The molecule has 2 aromatic carbocycles. The third-order valence-corrected chi connectivity index (χ3v) is 4.55. The van der Waals surface area contributed by atoms with Crippen LogP contribution in [0.15, 0.2) is 36.4 Å². The number of carbonyl (C=O) groups is 1. The summed E-state index contributed by atoms with van der Waals surface area (Å²) in [7, 11) is 0. The van der Waals surface area contributed by atoms with Crippen molar-refractivity contribution in [3.8, 4) is 5.75 Å². The van der Waals surface area contributed by atoms with Gasteiger partial charge in [0.2, 0.25) is 0 Å². The molecule has 2 heteroatoms. The predicted molar refractivity (Wildman–Crippen MR) is 93.3 cm³/mol. The summed E-state index contributed by atoms with van der Waals surface area (Å²) >= 11 is 0. The second kappa shape index (κ2) is 5.84. The molecule has 0 saturated carbocycles. The van der Waals surface area contributed by atoms with Crippen molar-refractivity contribution in [3.63, 3.8) is 0 Å². The number of fused-ring (bicyclic) bond motifs is 1. The summed E-state index contributed by atoms with van der Waals surface area (Å²) in [6.07, 6.45) is 3.41. The van der Waals surface area contributed by atoms with Crippen LogP contribution >= 0.6 is 0 Å². The van der Waals surface area contributed by atoms with Crippen LogP contribution in [0.5, 0.6) is 5.75 Å². The molecule has 2 aromatic rings. The molecule has 0 radical (unpaired) electrons. The van der Waals surface area contributed by atoms with Gasteiger partial charge in [-0.05, 0) is 78.1 Å². The quantitative estimate of drug-likeness (QED) is 0.576. The van der Waals surface area contributed by atoms with Gasteiger partial charge in [-0.1, -0.05) is 32.9 Å². The second-order valence-corrected chi connectivity index (χ2v) is 7.45. The molecule has 1 aliphatic rings. The van der Waals surface area contributed by atoms with Gasteiger partial charge in [0.05, 0.1) is 5.56 Å². The Morgan fingerprint density at radius 3 is 2.43 bits per heavy atom. The van der Waals surface area contributed by atoms with Crippen LogP contribution in [0, 0.1) is 6.92 Å². The Morgan fingerprint density at radius 1 is 1.00 bits per heavy atom. The van der Waals surface area contributed by atoms with Gasteiger partial charge in [-0.15, -0.1) is 0 Å². The first-order chi connectivity index (χ1) is 10.8. The molecule has 0 unspecified atom stereocenters. The van der Waals surface area contributed by atoms with E-state index in [-0.39, 0.29) is 11.4 Å². The van der Waals surface area contributed by atoms with Gasteiger partial charge in [0.15, 0.2) is 0 Å². The Kier molecular flexibility index (Phi) is 4.01. The first-order valence-corrected chi connectivity index (χ1v) is 8.30. The third kappa shape index (κ3) is 3.31. The van der Waals surface area contributed by atoms with E-state index < -0.39 is 0 Å². The van der Waals surface area contributed by atoms with Crippen LogP contribution in [0.4, 0.5) is 0 Å². The number of hydrogen-bond donors (Lipinski definition) is 0. The van der Waals surface area contributed by atoms with Gasteiger partial charge < -0.3 is 4.74 Å². The molecule has 0 fully saturated rings. The van der Waals surface area contributed by atoms with Crippen molar-refractivity contribution in [1.29, 1.82) is 0 Å². The lowest BCUT2D eigenvalue weighted by atomic mass is 9.83. The fraction of sp³-hybridized carbons (Fsp3) is 0.381. The molecule has 0 amide bonds. The Balaban J connectivity index is 1.80. The van der Waals surface area contributed by atoms with E-state index in [1.807, 2.05) is 37.3 Å². The summed E-state index contributed by atoms with van der Waals surface area (Å²) in [6.45, 7) is 8.58. The number of benzene rings is 2. The minimum atomic E-state index is -0.286. The van der Waals surface area contributed by atoms with Crippen LogP contribution in [0.25, 0.3) is 0 Å². The largest absolute Gasteiger partial charge is 0.423 e. The number of rotatable bonds is 2. The van der Waals surface area contributed by atoms with E-state index in [1.54, 1.807) is 0 Å². The van der Waals surface area contributed by atoms with E-state index in [0.29, 0.717) is 11.3 Å². The standard InChI is InChI=1S/C21H24O2/c1-14-12-17(9-11-19(14)21(2,3)4)20(22)23-18-10-8-15-6-5-7-16(15)13-18/h8-13H,5-7H2,1-4H3. The zero-order valence-electron chi connectivity index (χ0n) is 14.4. The number of ether oxygens (including phenoxy) is 1. The van der Waals surface area contributed by atoms with Crippen molar-refractivity contribution in [1.82, 2.24) is 0 Å². The zero-order chi connectivity index (χ0) is 16.6. The summed E-state index contributed by atoms with van der Waals surface area (Å²) in [6, 6.07) is 11.8. The number of esters is 1. The average molecular weight is 308 g/mol. The predicted octanol–water partition coefficient (Wildman–Crippen LogP) is 5.00. The Morgan fingerprint density at radius 2 is 1.74 bits per heavy atom. The van der Waals surface area contributed by atoms with Gasteiger partial charge in [-0.3, -0.25) is 0 Å². The van der Waals surface area contributed by atoms with Crippen molar-refractivity contribution < 1.29 is 9.53 Å². The molecule has 1 aliphatic carbocycles. The highest BCUT2D eigenvalue weighted by Gasteiger charge is 2.19. The fourth-order valence-corrected chi connectivity index (χ4v) is 3.41. The molecular weight excluding hydrogens is 284 g/mol. The average Bonchev–Trinajstić information content (AvgIpc) is 2.93. The zero-order valence-corrected chi connectivity index (χ0v) is 14.4. The molecule has 0 heterocycles. The lowest BCUT2D eigenvalue weighted by molar-refractivity contribution is 0.0734. The second-order valence-electron chi connectivity index (χ2n) is 7.45. The smallest absolute Gasteiger partial charge is 0.343 e. The molecule has 0 spiro atoms. The summed E-state index contributed by atoms with van der Waals surface area (Å²) in [5, 5.41) is 0. The van der Waals surface area contributed by atoms with E-state index in [4.69, 9.17) is 4.74 Å². The fourth-order valence-electron chi connectivity index (χ4n) is 3.41. The molecule has 0 N–H and O–H groups in total. The molecule has 0 saturated heterocycles. The summed E-state index contributed by atoms with van der Waals surface area (Å²) in [5.41, 5.74) is 5.76. The van der Waals surface area contributed by atoms with Crippen molar-refractivity contribution in [2.45, 2.75) is 52.4 Å². The summed E-state index contributed by atoms with van der Waals surface area (Å²) in [4.78, 5) is 12.4. The van der Waals surface area contributed by atoms with Gasteiger partial charge in [0.1, 0.15) is 5.75 Å². The minimum absolute atomic E-state index is 0.0759. The Bertz CT molecular complexity index is 751. The molecular formula is C21H24O2. The van der Waals surface area contributed by atoms with E-state index in [2.05, 4.69) is 26.8 Å². The van der Waals surface area contributed by atoms with Crippen molar-refractivity contribution in [2.24, 2.45) is 0 Å². The minimum Gasteiger partial charge on any atom is -0.423 e. The number of carbonyl (C=O) groups excluding carboxylic acids is 1. The normalized spacial score (nSPS) is 13.7. The highest BCUT2D eigenvalue weighted by atomic mass is 16.5. The van der Waals surface area contributed by atoms with Crippen molar-refractivity contribution in [3.05, 3.63) is 64.2 Å². The van der Waals surface area contributed by atoms with Crippen molar-refractivity contribution >= 4 is 5.97 Å². The highest BCUT2D eigenvalue weighted by molar-refractivity contribution is 5.91. The van der Waals surface area contributed by atoms with Crippen LogP contribution in [0.2, 0.25) is 0 Å². The molecule has 0 atom stereocenters. The Hall–Kier alpha value is -2.09. The van der Waals surface area contributed by atoms with Crippen LogP contribution in [-0.4, -0.2) is 5.97 Å². The van der Waals surface area contributed by atoms with Gasteiger partial charge >= 0.3 is 5.97 Å². The van der Waals surface area contributed by atoms with Crippen LogP contribution in [0.1, 0.15) is 59.8 Å². The van der Waals surface area contributed by atoms with E-state index >= 15 is 0 Å². The molecule has 0 bridgehead atoms. The molecule has 2 nitrogen and oxygen atoms in total. The monoisotopic (exact) mass is 308 g/mol. The van der Waals surface area contributed by atoms with Crippen LogP contribution < -0.4 is 4.74 Å². The maximum atomic E-state index is 12.4. The SMILES string of the molecule is Cc1cc(C(=O)Oc2ccc3c(c2)CCC3)ccc1C(C)(C)C. The van der Waals surface area contributed by atoms with Gasteiger partial charge in [-0.25, -0.2) is 4.79 Å². The summed E-state index contributed by atoms with van der Waals surface area (Å²) in [5.74, 6) is 0.361. The molecule has 120 valence electrons. The van der Waals surface area contributed by atoms with Crippen molar-refractivity contribution in [2.75, 3.05) is 0 Å². The Labute approximate surface area is 138 Å². The highest BCUT2D eigenvalue weighted by Crippen LogP contribution is 2.28. The van der Waals surface area contributed by atoms with Crippen LogP contribution in [0.3, 0.4) is 0 Å². The third-order valence-electron chi connectivity index (χ3n) is 4.55. The lowest BCUT2D eigenvalue weighted by Crippen LogP contribution is -2.15. The maximum Gasteiger partial charge on any atom is 0.343 e. The summed E-state index contributed by atoms with van der Waals surface area (Å²) < 4.78 is 5.57. The first kappa shape index (κ1) is 15.8. The number of aryl methyl sites for hydroxylation is 3. The molecule has 23 heavy (non-hydrogen) atoms. The van der Waals surface area contributed by atoms with E-state index in [1.165, 1.54) is 23.1 Å². The molecule has 0 aromatic heterocycles. The first-order valence-electron chi connectivity index (χ1n) is 8.30. The van der Waals surface area contributed by atoms with Gasteiger partial charge in [0.25, 0.3) is 0 Å². The van der Waals surface area contributed by atoms with E-state index in [0.717, 1.165) is 18.4 Å². The van der Waals surface area contributed by atoms with E-state index in [9.17, 15) is 4.79 Å². The van der Waals surface area contributed by atoms with Crippen LogP contribution in [-0.2, 0) is 18.3 Å². The lowest BCUT2D eigenvalue weighted by Gasteiger charge is -2.22. The van der Waals surface area contributed by atoms with Gasteiger partial charge in [-0.2, -0.15) is 0 Å². The topological polar surface area (TPSA) is 26.3 Å². The number of hydrogen-bond acceptors (Lipinski definition) is 2.